The zero-order valence-corrected chi connectivity index (χ0v) is 14.9. The number of nitrogen functional groups attached to an aromatic ring is 1. The molecule has 0 bridgehead atoms. The van der Waals surface area contributed by atoms with Gasteiger partial charge in [-0.05, 0) is 39.0 Å². The number of rotatable bonds is 3. The Morgan fingerprint density at radius 3 is 2.68 bits per heavy atom. The van der Waals surface area contributed by atoms with Crippen LogP contribution >= 0.6 is 11.3 Å². The highest BCUT2D eigenvalue weighted by Gasteiger charge is 2.28. The lowest BCUT2D eigenvalue weighted by molar-refractivity contribution is 0.195. The van der Waals surface area contributed by atoms with Crippen molar-refractivity contribution in [1.29, 1.82) is 0 Å². The van der Waals surface area contributed by atoms with Gasteiger partial charge in [-0.3, -0.25) is 4.90 Å². The minimum absolute atomic E-state index is 0.394. The third kappa shape index (κ3) is 3.63. The lowest BCUT2D eigenvalue weighted by Gasteiger charge is -2.33. The summed E-state index contributed by atoms with van der Waals surface area (Å²) in [6.45, 7) is 5.50. The molecule has 3 aromatic rings. The predicted molar refractivity (Wildman–Crippen MR) is 98.6 cm³/mol. The number of nitrogens with two attached hydrogens (primary N) is 1. The number of ether oxygens (including phenoxy) is 1. The number of nitrogens with zero attached hydrogens (tertiary/aromatic N) is 3. The molecule has 2 aromatic heterocycles. The summed E-state index contributed by atoms with van der Waals surface area (Å²) in [5.41, 5.74) is 6.34. The van der Waals surface area contributed by atoms with Gasteiger partial charge in [0.15, 0.2) is 5.13 Å². The Bertz CT molecular complexity index is 933. The summed E-state index contributed by atoms with van der Waals surface area (Å²) in [6, 6.07) is 10.4. The van der Waals surface area contributed by atoms with Crippen LogP contribution in [0.2, 0.25) is 0 Å². The fraction of sp³-hybridized carbons (Fsp3) is 0.235. The van der Waals surface area contributed by atoms with Gasteiger partial charge in [0.2, 0.25) is 5.88 Å². The summed E-state index contributed by atoms with van der Waals surface area (Å²) in [7, 11) is 0. The number of thiazole rings is 1. The molecule has 0 aliphatic heterocycles. The zero-order chi connectivity index (χ0) is 18.2. The lowest BCUT2D eigenvalue weighted by atomic mass is 10.1. The molecule has 0 atom stereocenters. The van der Waals surface area contributed by atoms with Crippen LogP contribution in [0.5, 0.6) is 11.6 Å². The van der Waals surface area contributed by atoms with Crippen molar-refractivity contribution >= 4 is 38.6 Å². The van der Waals surface area contributed by atoms with Gasteiger partial charge in [-0.25, -0.2) is 14.8 Å². The molecule has 0 aliphatic carbocycles. The van der Waals surface area contributed by atoms with E-state index in [0.717, 1.165) is 0 Å². The van der Waals surface area contributed by atoms with Gasteiger partial charge in [0.05, 0.1) is 5.69 Å². The number of fused-ring (bicyclic) bond motifs is 1. The van der Waals surface area contributed by atoms with Gasteiger partial charge >= 0.3 is 6.09 Å². The molecule has 0 saturated heterocycles. The highest BCUT2D eigenvalue weighted by Crippen LogP contribution is 2.31. The van der Waals surface area contributed by atoms with Crippen molar-refractivity contribution in [3.63, 3.8) is 0 Å². The van der Waals surface area contributed by atoms with E-state index >= 15 is 0 Å². The Balaban J connectivity index is 1.91. The molecule has 0 unspecified atom stereocenters. The van der Waals surface area contributed by atoms with Crippen molar-refractivity contribution in [1.82, 2.24) is 9.97 Å². The summed E-state index contributed by atoms with van der Waals surface area (Å²) >= 11 is 1.28. The minimum Gasteiger partial charge on any atom is -0.465 e. The fourth-order valence-electron chi connectivity index (χ4n) is 2.47. The average Bonchev–Trinajstić information content (AvgIpc) is 2.85. The smallest absolute Gasteiger partial charge is 0.412 e. The summed E-state index contributed by atoms with van der Waals surface area (Å²) < 4.78 is 5.79. The van der Waals surface area contributed by atoms with Crippen LogP contribution in [0.25, 0.3) is 10.3 Å². The number of pyridine rings is 1. The predicted octanol–water partition coefficient (Wildman–Crippen LogP) is 4.35. The molecule has 8 heteroatoms. The van der Waals surface area contributed by atoms with Gasteiger partial charge in [-0.1, -0.05) is 17.4 Å². The third-order valence-electron chi connectivity index (χ3n) is 3.41. The van der Waals surface area contributed by atoms with Crippen molar-refractivity contribution in [2.24, 2.45) is 0 Å². The molecular weight excluding hydrogens is 340 g/mol. The van der Waals surface area contributed by atoms with Crippen molar-refractivity contribution in [2.75, 3.05) is 10.6 Å². The van der Waals surface area contributed by atoms with E-state index in [0.29, 0.717) is 32.8 Å². The highest BCUT2D eigenvalue weighted by atomic mass is 32.1. The van der Waals surface area contributed by atoms with Gasteiger partial charge < -0.3 is 15.6 Å². The Labute approximate surface area is 148 Å². The van der Waals surface area contributed by atoms with Gasteiger partial charge in [-0.15, -0.1) is 0 Å². The average molecular weight is 358 g/mol. The Morgan fingerprint density at radius 2 is 2.00 bits per heavy atom. The Kier molecular flexibility index (Phi) is 4.22. The lowest BCUT2D eigenvalue weighted by Crippen LogP contribution is -2.45. The van der Waals surface area contributed by atoms with Crippen LogP contribution in [0, 0.1) is 0 Å². The summed E-state index contributed by atoms with van der Waals surface area (Å²) in [5, 5.41) is 9.97. The third-order valence-corrected chi connectivity index (χ3v) is 4.20. The molecular formula is C17H18N4O3S. The molecule has 0 saturated carbocycles. The van der Waals surface area contributed by atoms with Crippen molar-refractivity contribution in [3.8, 4) is 11.6 Å². The van der Waals surface area contributed by atoms with E-state index in [2.05, 4.69) is 9.97 Å². The van der Waals surface area contributed by atoms with Gasteiger partial charge in [-0.2, -0.15) is 0 Å². The number of benzene rings is 1. The van der Waals surface area contributed by atoms with Crippen LogP contribution in [0.3, 0.4) is 0 Å². The van der Waals surface area contributed by atoms with E-state index < -0.39 is 11.6 Å². The monoisotopic (exact) mass is 358 g/mol. The molecule has 3 rings (SSSR count). The first-order chi connectivity index (χ1) is 11.7. The van der Waals surface area contributed by atoms with E-state index in [9.17, 15) is 9.90 Å². The number of carboxylic acid groups (broad SMARTS) is 1. The van der Waals surface area contributed by atoms with Crippen LogP contribution in [0.15, 0.2) is 36.4 Å². The highest BCUT2D eigenvalue weighted by molar-refractivity contribution is 7.21. The molecule has 130 valence electrons. The van der Waals surface area contributed by atoms with Crippen LogP contribution < -0.4 is 15.4 Å². The fourth-order valence-corrected chi connectivity index (χ4v) is 3.16. The normalized spacial score (nSPS) is 11.5. The second-order valence-corrected chi connectivity index (χ2v) is 7.42. The molecule has 0 fully saturated rings. The maximum absolute atomic E-state index is 11.6. The maximum Gasteiger partial charge on any atom is 0.412 e. The van der Waals surface area contributed by atoms with E-state index in [1.807, 2.05) is 20.8 Å². The van der Waals surface area contributed by atoms with Gasteiger partial charge in [0, 0.05) is 17.7 Å². The standard InChI is InChI=1S/C17H18N4O3S/c1-17(2,3)21(16(22)23)10-5-4-6-11(9-10)24-13-8-7-12-14(20-13)25-15(18)19-12/h4-9H,1-3H3,(H2,18,19)(H,22,23). The Morgan fingerprint density at radius 1 is 1.24 bits per heavy atom. The van der Waals surface area contributed by atoms with Crippen molar-refractivity contribution in [2.45, 2.75) is 26.3 Å². The number of anilines is 2. The second kappa shape index (κ2) is 6.21. The van der Waals surface area contributed by atoms with Crippen LogP contribution in [-0.2, 0) is 0 Å². The Hall–Kier alpha value is -2.87. The molecule has 2 heterocycles. The number of amides is 1. The minimum atomic E-state index is -1.02. The molecule has 3 N–H and O–H groups in total. The summed E-state index contributed by atoms with van der Waals surface area (Å²) in [4.78, 5) is 22.1. The first kappa shape index (κ1) is 17.0. The van der Waals surface area contributed by atoms with E-state index in [-0.39, 0.29) is 0 Å². The second-order valence-electron chi connectivity index (χ2n) is 6.41. The molecule has 1 aromatic carbocycles. The topological polar surface area (TPSA) is 102 Å². The van der Waals surface area contributed by atoms with Crippen molar-refractivity contribution < 1.29 is 14.6 Å². The maximum atomic E-state index is 11.6. The number of hydrogen-bond donors (Lipinski definition) is 2. The molecule has 25 heavy (non-hydrogen) atoms. The zero-order valence-electron chi connectivity index (χ0n) is 14.1. The summed E-state index contributed by atoms with van der Waals surface area (Å²) in [6.07, 6.45) is -1.02. The molecule has 0 aliphatic rings. The van der Waals surface area contributed by atoms with Crippen LogP contribution in [0.4, 0.5) is 15.6 Å². The number of carbonyl (C=O) groups is 1. The van der Waals surface area contributed by atoms with E-state index in [1.54, 1.807) is 36.4 Å². The van der Waals surface area contributed by atoms with Crippen LogP contribution in [0.1, 0.15) is 20.8 Å². The molecule has 0 radical (unpaired) electrons. The quantitative estimate of drug-likeness (QED) is 0.722. The number of aromatic nitrogens is 2. The summed E-state index contributed by atoms with van der Waals surface area (Å²) in [5.74, 6) is 0.892. The van der Waals surface area contributed by atoms with Gasteiger partial charge in [0.1, 0.15) is 16.1 Å². The number of hydrogen-bond acceptors (Lipinski definition) is 6. The first-order valence-electron chi connectivity index (χ1n) is 7.58. The van der Waals surface area contributed by atoms with E-state index in [4.69, 9.17) is 10.5 Å². The molecule has 0 spiro atoms. The van der Waals surface area contributed by atoms with Crippen molar-refractivity contribution in [3.05, 3.63) is 36.4 Å². The SMILES string of the molecule is CC(C)(C)N(C(=O)O)c1cccc(Oc2ccc3nc(N)sc3n2)c1. The molecule has 1 amide bonds. The molecule has 7 nitrogen and oxygen atoms in total. The van der Waals surface area contributed by atoms with Gasteiger partial charge in [0.25, 0.3) is 0 Å². The largest absolute Gasteiger partial charge is 0.465 e. The van der Waals surface area contributed by atoms with E-state index in [1.165, 1.54) is 16.2 Å². The van der Waals surface area contributed by atoms with Crippen LogP contribution in [-0.4, -0.2) is 26.7 Å². The first-order valence-corrected chi connectivity index (χ1v) is 8.40.